The third kappa shape index (κ3) is 5.12. The molecule has 178 valence electrons. The summed E-state index contributed by atoms with van der Waals surface area (Å²) in [6.45, 7) is 7.13. The number of aryl methyl sites for hydroxylation is 1. The van der Waals surface area contributed by atoms with Crippen molar-refractivity contribution in [3.05, 3.63) is 76.5 Å². The van der Waals surface area contributed by atoms with Crippen LogP contribution in [0.15, 0.2) is 59.8 Å². The van der Waals surface area contributed by atoms with Gasteiger partial charge in [-0.05, 0) is 43.7 Å². The van der Waals surface area contributed by atoms with Gasteiger partial charge in [-0.2, -0.15) is 0 Å². The van der Waals surface area contributed by atoms with Crippen LogP contribution in [-0.2, 0) is 9.53 Å². The normalized spacial score (nSPS) is 18.9. The van der Waals surface area contributed by atoms with E-state index >= 15 is 0 Å². The summed E-state index contributed by atoms with van der Waals surface area (Å²) in [5.41, 5.74) is 4.70. The summed E-state index contributed by atoms with van der Waals surface area (Å²) in [4.78, 5) is 41.3. The highest BCUT2D eigenvalue weighted by atomic mass is 16.5. The van der Waals surface area contributed by atoms with E-state index in [0.29, 0.717) is 23.4 Å². The number of Topliss-reactive ketones (excluding diaryl/α,β-unsaturated/α-hetero) is 1. The molecule has 2 amide bonds. The zero-order chi connectivity index (χ0) is 24.2. The molecule has 8 nitrogen and oxygen atoms in total. The number of urea groups is 1. The summed E-state index contributed by atoms with van der Waals surface area (Å²) in [6, 6.07) is 14.5. The Labute approximate surface area is 199 Å². The summed E-state index contributed by atoms with van der Waals surface area (Å²) in [5, 5.41) is 5.71. The molecule has 1 saturated heterocycles. The first kappa shape index (κ1) is 23.5. The van der Waals surface area contributed by atoms with Crippen molar-refractivity contribution < 1.29 is 19.1 Å². The topological polar surface area (TPSA) is 91.0 Å². The lowest BCUT2D eigenvalue weighted by molar-refractivity contribution is -0.136. The summed E-state index contributed by atoms with van der Waals surface area (Å²) in [5.74, 6) is -0.406. The standard InChI is InChI=1S/C26H30N4O4/c1-17-4-6-20(7-5-17)24-23(25(32)34-3)22(27-26(33)28-24)16-29-12-14-30(15-13-29)21-10-8-19(9-11-21)18(2)31/h4-11,24H,12-16H2,1-3H3,(H2,27,28,33). The van der Waals surface area contributed by atoms with Gasteiger partial charge in [0.25, 0.3) is 0 Å². The number of nitrogens with zero attached hydrogens (tertiary/aromatic N) is 2. The van der Waals surface area contributed by atoms with Gasteiger partial charge < -0.3 is 20.3 Å². The third-order valence-electron chi connectivity index (χ3n) is 6.36. The van der Waals surface area contributed by atoms with Crippen LogP contribution in [0.4, 0.5) is 10.5 Å². The van der Waals surface area contributed by atoms with Crippen LogP contribution < -0.4 is 15.5 Å². The first-order valence-corrected chi connectivity index (χ1v) is 11.4. The van der Waals surface area contributed by atoms with E-state index in [2.05, 4.69) is 20.4 Å². The quantitative estimate of drug-likeness (QED) is 0.507. The zero-order valence-electron chi connectivity index (χ0n) is 19.8. The summed E-state index contributed by atoms with van der Waals surface area (Å²) in [6.07, 6.45) is 0. The second-order valence-corrected chi connectivity index (χ2v) is 8.69. The largest absolute Gasteiger partial charge is 0.466 e. The van der Waals surface area contributed by atoms with Crippen molar-refractivity contribution in [2.75, 3.05) is 44.7 Å². The molecule has 1 atom stereocenters. The van der Waals surface area contributed by atoms with Gasteiger partial charge >= 0.3 is 12.0 Å². The second-order valence-electron chi connectivity index (χ2n) is 8.69. The minimum absolute atomic E-state index is 0.0546. The van der Waals surface area contributed by atoms with E-state index < -0.39 is 12.0 Å². The third-order valence-corrected chi connectivity index (χ3v) is 6.36. The van der Waals surface area contributed by atoms with Crippen molar-refractivity contribution in [3.8, 4) is 0 Å². The Kier molecular flexibility index (Phi) is 6.98. The molecular formula is C26H30N4O4. The fourth-order valence-corrected chi connectivity index (χ4v) is 4.40. The molecule has 1 fully saturated rings. The van der Waals surface area contributed by atoms with Gasteiger partial charge in [0.1, 0.15) is 0 Å². The van der Waals surface area contributed by atoms with Crippen molar-refractivity contribution in [2.24, 2.45) is 0 Å². The lowest BCUT2D eigenvalue weighted by Crippen LogP contribution is -2.51. The highest BCUT2D eigenvalue weighted by Gasteiger charge is 2.34. The molecule has 2 heterocycles. The van der Waals surface area contributed by atoms with Crippen molar-refractivity contribution in [1.29, 1.82) is 0 Å². The van der Waals surface area contributed by atoms with Gasteiger partial charge in [-0.25, -0.2) is 9.59 Å². The molecule has 2 aromatic carbocycles. The number of piperazine rings is 1. The Balaban J connectivity index is 1.50. The summed E-state index contributed by atoms with van der Waals surface area (Å²) < 4.78 is 5.08. The van der Waals surface area contributed by atoms with Gasteiger partial charge in [-0.1, -0.05) is 29.8 Å². The van der Waals surface area contributed by atoms with Crippen molar-refractivity contribution in [3.63, 3.8) is 0 Å². The van der Waals surface area contributed by atoms with Gasteiger partial charge in [-0.15, -0.1) is 0 Å². The summed E-state index contributed by atoms with van der Waals surface area (Å²) >= 11 is 0. The first-order chi connectivity index (χ1) is 16.4. The Morgan fingerprint density at radius 1 is 1.00 bits per heavy atom. The van der Waals surface area contributed by atoms with E-state index in [1.165, 1.54) is 7.11 Å². The van der Waals surface area contributed by atoms with Gasteiger partial charge in [0.15, 0.2) is 5.78 Å². The van der Waals surface area contributed by atoms with Crippen LogP contribution >= 0.6 is 0 Å². The highest BCUT2D eigenvalue weighted by Crippen LogP contribution is 2.28. The fourth-order valence-electron chi connectivity index (χ4n) is 4.40. The van der Waals surface area contributed by atoms with Crippen LogP contribution in [0.5, 0.6) is 0 Å². The number of benzene rings is 2. The maximum atomic E-state index is 12.8. The van der Waals surface area contributed by atoms with E-state index in [4.69, 9.17) is 4.74 Å². The van der Waals surface area contributed by atoms with Crippen LogP contribution in [0.2, 0.25) is 0 Å². The zero-order valence-corrected chi connectivity index (χ0v) is 19.8. The van der Waals surface area contributed by atoms with Gasteiger partial charge in [-0.3, -0.25) is 9.69 Å². The molecule has 2 aliphatic rings. The molecule has 4 rings (SSSR count). The van der Waals surface area contributed by atoms with Gasteiger partial charge in [0.2, 0.25) is 0 Å². The molecule has 8 heteroatoms. The first-order valence-electron chi connectivity index (χ1n) is 11.4. The smallest absolute Gasteiger partial charge is 0.338 e. The van der Waals surface area contributed by atoms with Crippen molar-refractivity contribution >= 4 is 23.5 Å². The molecular weight excluding hydrogens is 432 g/mol. The Morgan fingerprint density at radius 2 is 1.65 bits per heavy atom. The SMILES string of the molecule is COC(=O)C1=C(CN2CCN(c3ccc(C(C)=O)cc3)CC2)NC(=O)NC1c1ccc(C)cc1. The van der Waals surface area contributed by atoms with E-state index in [9.17, 15) is 14.4 Å². The highest BCUT2D eigenvalue weighted by molar-refractivity contribution is 5.95. The van der Waals surface area contributed by atoms with E-state index in [1.54, 1.807) is 6.92 Å². The number of carbonyl (C=O) groups excluding carboxylic acids is 3. The van der Waals surface area contributed by atoms with E-state index in [1.807, 2.05) is 55.5 Å². The molecule has 1 unspecified atom stereocenters. The molecule has 2 aromatic rings. The minimum Gasteiger partial charge on any atom is -0.466 e. The van der Waals surface area contributed by atoms with Gasteiger partial charge in [0.05, 0.1) is 18.7 Å². The second kappa shape index (κ2) is 10.1. The summed E-state index contributed by atoms with van der Waals surface area (Å²) in [7, 11) is 1.35. The number of hydrogen-bond donors (Lipinski definition) is 2. The Morgan fingerprint density at radius 3 is 2.24 bits per heavy atom. The number of anilines is 1. The average molecular weight is 463 g/mol. The molecule has 2 N–H and O–H groups in total. The molecule has 0 aromatic heterocycles. The Hall–Kier alpha value is -3.65. The molecule has 0 aliphatic carbocycles. The van der Waals surface area contributed by atoms with E-state index in [-0.39, 0.29) is 11.8 Å². The van der Waals surface area contributed by atoms with Crippen LogP contribution in [-0.4, -0.2) is 62.5 Å². The van der Waals surface area contributed by atoms with Gasteiger partial charge in [0, 0.05) is 49.7 Å². The fraction of sp³-hybridized carbons (Fsp3) is 0.346. The number of ether oxygens (including phenoxy) is 1. The van der Waals surface area contributed by atoms with Crippen LogP contribution in [0.1, 0.15) is 34.5 Å². The molecule has 0 spiro atoms. The maximum Gasteiger partial charge on any atom is 0.338 e. The number of amides is 2. The number of carbonyl (C=O) groups is 3. The molecule has 0 bridgehead atoms. The van der Waals surface area contributed by atoms with Crippen LogP contribution in [0.3, 0.4) is 0 Å². The number of hydrogen-bond acceptors (Lipinski definition) is 6. The van der Waals surface area contributed by atoms with E-state index in [0.717, 1.165) is 43.0 Å². The maximum absolute atomic E-state index is 12.8. The van der Waals surface area contributed by atoms with Crippen molar-refractivity contribution in [1.82, 2.24) is 15.5 Å². The number of esters is 1. The predicted octanol–water partition coefficient (Wildman–Crippen LogP) is 2.80. The lowest BCUT2D eigenvalue weighted by Gasteiger charge is -2.38. The molecule has 0 radical (unpaired) electrons. The van der Waals surface area contributed by atoms with Crippen LogP contribution in [0.25, 0.3) is 0 Å². The molecule has 2 aliphatic heterocycles. The lowest BCUT2D eigenvalue weighted by atomic mass is 9.94. The number of rotatable bonds is 6. The number of ketones is 1. The number of nitrogens with one attached hydrogen (secondary N) is 2. The number of methoxy groups -OCH3 is 1. The minimum atomic E-state index is -0.571. The van der Waals surface area contributed by atoms with Crippen LogP contribution in [0, 0.1) is 6.92 Å². The Bertz CT molecular complexity index is 1100. The molecule has 0 saturated carbocycles. The average Bonchev–Trinajstić information content (AvgIpc) is 2.84. The molecule has 34 heavy (non-hydrogen) atoms. The van der Waals surface area contributed by atoms with Crippen molar-refractivity contribution in [2.45, 2.75) is 19.9 Å². The monoisotopic (exact) mass is 462 g/mol. The predicted molar refractivity (Wildman–Crippen MR) is 130 cm³/mol.